The molecule has 0 bridgehead atoms. The zero-order valence-corrected chi connectivity index (χ0v) is 13.8. The summed E-state index contributed by atoms with van der Waals surface area (Å²) in [5.41, 5.74) is 1.62. The van der Waals surface area contributed by atoms with Gasteiger partial charge in [-0.3, -0.25) is 14.5 Å². The first-order valence-corrected chi connectivity index (χ1v) is 7.90. The first-order chi connectivity index (χ1) is 12.0. The second kappa shape index (κ2) is 6.73. The number of ether oxygens (including phenoxy) is 1. The van der Waals surface area contributed by atoms with Crippen LogP contribution >= 0.6 is 0 Å². The second-order valence-corrected chi connectivity index (χ2v) is 5.73. The molecular weight excluding hydrogens is 318 g/mol. The lowest BCUT2D eigenvalue weighted by Gasteiger charge is -2.13. The van der Waals surface area contributed by atoms with Crippen molar-refractivity contribution in [1.82, 2.24) is 4.90 Å². The molecule has 0 saturated heterocycles. The van der Waals surface area contributed by atoms with Crippen molar-refractivity contribution in [2.45, 2.75) is 13.0 Å². The van der Waals surface area contributed by atoms with Gasteiger partial charge in [0.05, 0.1) is 16.7 Å². The summed E-state index contributed by atoms with van der Waals surface area (Å²) >= 11 is 0. The molecule has 1 unspecified atom stereocenters. The highest BCUT2D eigenvalue weighted by Crippen LogP contribution is 2.25. The average molecular weight is 335 g/mol. The monoisotopic (exact) mass is 335 g/mol. The fourth-order valence-electron chi connectivity index (χ4n) is 2.73. The lowest BCUT2D eigenvalue weighted by atomic mass is 10.1. The summed E-state index contributed by atoms with van der Waals surface area (Å²) in [7, 11) is 0. The van der Waals surface area contributed by atoms with Gasteiger partial charge >= 0.3 is 5.97 Å². The molecule has 2 amide bonds. The third-order valence-corrected chi connectivity index (χ3v) is 4.07. The third-order valence-electron chi connectivity index (χ3n) is 4.07. The summed E-state index contributed by atoms with van der Waals surface area (Å²) in [5.74, 6) is -1.34. The van der Waals surface area contributed by atoms with Gasteiger partial charge in [0.1, 0.15) is 6.10 Å². The van der Waals surface area contributed by atoms with Crippen LogP contribution in [0.2, 0.25) is 0 Å². The number of fused-ring (bicyclic) bond motifs is 1. The highest BCUT2D eigenvalue weighted by atomic mass is 16.5. The van der Waals surface area contributed by atoms with Crippen LogP contribution in [0.25, 0.3) is 0 Å². The maximum Gasteiger partial charge on any atom is 0.338 e. The fraction of sp³-hybridized carbons (Fsp3) is 0.150. The average Bonchev–Trinajstić information content (AvgIpc) is 2.87. The molecule has 25 heavy (non-hydrogen) atoms. The molecule has 1 heterocycles. The smallest absolute Gasteiger partial charge is 0.338 e. The largest absolute Gasteiger partial charge is 0.454 e. The Labute approximate surface area is 145 Å². The lowest BCUT2D eigenvalue weighted by molar-refractivity contribution is 0.0337. The van der Waals surface area contributed by atoms with Crippen LogP contribution in [0.1, 0.15) is 49.7 Å². The van der Waals surface area contributed by atoms with Crippen LogP contribution in [0.15, 0.2) is 61.2 Å². The summed E-state index contributed by atoms with van der Waals surface area (Å²) < 4.78 is 5.45. The Bertz CT molecular complexity index is 857. The van der Waals surface area contributed by atoms with Crippen molar-refractivity contribution in [2.24, 2.45) is 0 Å². The molecule has 2 aromatic rings. The van der Waals surface area contributed by atoms with Crippen LogP contribution in [0.4, 0.5) is 0 Å². The molecule has 1 aliphatic rings. The summed E-state index contributed by atoms with van der Waals surface area (Å²) in [6.45, 7) is 5.46. The van der Waals surface area contributed by atoms with E-state index in [2.05, 4.69) is 6.58 Å². The van der Waals surface area contributed by atoms with Crippen molar-refractivity contribution in [2.75, 3.05) is 6.54 Å². The molecular formula is C20H17NO4. The van der Waals surface area contributed by atoms with Crippen molar-refractivity contribution in [3.8, 4) is 0 Å². The van der Waals surface area contributed by atoms with E-state index in [1.165, 1.54) is 24.3 Å². The zero-order valence-electron chi connectivity index (χ0n) is 13.8. The Morgan fingerprint density at radius 2 is 1.80 bits per heavy atom. The van der Waals surface area contributed by atoms with Gasteiger partial charge in [0.2, 0.25) is 0 Å². The van der Waals surface area contributed by atoms with Crippen LogP contribution in [0, 0.1) is 0 Å². The topological polar surface area (TPSA) is 63.7 Å². The van der Waals surface area contributed by atoms with Gasteiger partial charge in [-0.1, -0.05) is 36.4 Å². The van der Waals surface area contributed by atoms with Crippen molar-refractivity contribution in [3.63, 3.8) is 0 Å². The minimum absolute atomic E-state index is 0.136. The molecule has 3 rings (SSSR count). The van der Waals surface area contributed by atoms with E-state index in [4.69, 9.17) is 4.74 Å². The second-order valence-electron chi connectivity index (χ2n) is 5.73. The molecule has 126 valence electrons. The quantitative estimate of drug-likeness (QED) is 0.477. The molecule has 0 saturated carbocycles. The normalized spacial score (nSPS) is 14.2. The predicted molar refractivity (Wildman–Crippen MR) is 92.3 cm³/mol. The minimum atomic E-state index is -0.540. The highest BCUT2D eigenvalue weighted by molar-refractivity contribution is 6.22. The van der Waals surface area contributed by atoms with Gasteiger partial charge in [-0.15, -0.1) is 6.58 Å². The molecule has 0 radical (unpaired) electrons. The first kappa shape index (κ1) is 16.6. The number of carbonyl (C=O) groups excluding carboxylic acids is 3. The highest BCUT2D eigenvalue weighted by Gasteiger charge is 2.35. The van der Waals surface area contributed by atoms with Gasteiger partial charge in [0, 0.05) is 6.54 Å². The van der Waals surface area contributed by atoms with E-state index in [0.29, 0.717) is 5.56 Å². The van der Waals surface area contributed by atoms with Gasteiger partial charge < -0.3 is 4.74 Å². The van der Waals surface area contributed by atoms with Crippen LogP contribution in [0.5, 0.6) is 0 Å². The van der Waals surface area contributed by atoms with Gasteiger partial charge in [-0.2, -0.15) is 0 Å². The minimum Gasteiger partial charge on any atom is -0.454 e. The lowest BCUT2D eigenvalue weighted by Crippen LogP contribution is -2.29. The summed E-state index contributed by atoms with van der Waals surface area (Å²) in [6, 6.07) is 13.8. The summed E-state index contributed by atoms with van der Waals surface area (Å²) in [6.07, 6.45) is 1.06. The third kappa shape index (κ3) is 3.08. The van der Waals surface area contributed by atoms with Gasteiger partial charge in [0.15, 0.2) is 0 Å². The molecule has 5 heteroatoms. The van der Waals surface area contributed by atoms with Crippen molar-refractivity contribution in [3.05, 3.63) is 83.4 Å². The van der Waals surface area contributed by atoms with Crippen molar-refractivity contribution >= 4 is 17.8 Å². The number of benzene rings is 2. The molecule has 0 N–H and O–H groups in total. The summed E-state index contributed by atoms with van der Waals surface area (Å²) in [5, 5.41) is 0. The Morgan fingerprint density at radius 1 is 1.12 bits per heavy atom. The molecule has 0 aromatic heterocycles. The number of hydrogen-bond acceptors (Lipinski definition) is 4. The molecule has 2 aromatic carbocycles. The Morgan fingerprint density at radius 3 is 2.48 bits per heavy atom. The predicted octanol–water partition coefficient (Wildman–Crippen LogP) is 3.39. The van der Waals surface area contributed by atoms with E-state index in [-0.39, 0.29) is 23.6 Å². The molecule has 0 aliphatic carbocycles. The molecule has 1 atom stereocenters. The van der Waals surface area contributed by atoms with E-state index >= 15 is 0 Å². The fourth-order valence-corrected chi connectivity index (χ4v) is 2.73. The van der Waals surface area contributed by atoms with Gasteiger partial charge in [-0.25, -0.2) is 4.79 Å². The molecule has 1 aliphatic heterocycles. The van der Waals surface area contributed by atoms with E-state index in [1.54, 1.807) is 6.92 Å². The Hall–Kier alpha value is -3.21. The molecule has 0 fully saturated rings. The number of rotatable bonds is 5. The van der Waals surface area contributed by atoms with E-state index in [9.17, 15) is 14.4 Å². The first-order valence-electron chi connectivity index (χ1n) is 7.90. The summed E-state index contributed by atoms with van der Waals surface area (Å²) in [4.78, 5) is 38.0. The van der Waals surface area contributed by atoms with Crippen LogP contribution in [0.3, 0.4) is 0 Å². The van der Waals surface area contributed by atoms with Crippen molar-refractivity contribution in [1.29, 1.82) is 0 Å². The van der Waals surface area contributed by atoms with Crippen molar-refractivity contribution < 1.29 is 19.1 Å². The SMILES string of the molecule is C=CCN1C(=O)c2ccc(C(=O)OC(C)c3ccccc3)cc2C1=O. The van der Waals surface area contributed by atoms with E-state index < -0.39 is 18.0 Å². The maximum absolute atomic E-state index is 12.4. The standard InChI is InChI=1S/C20H17NO4/c1-3-11-21-18(22)16-10-9-15(12-17(16)19(21)23)20(24)25-13(2)14-7-5-4-6-8-14/h3-10,12-13H,1,11H2,2H3. The van der Waals surface area contributed by atoms with E-state index in [1.807, 2.05) is 30.3 Å². The number of hydrogen-bond donors (Lipinski definition) is 0. The van der Waals surface area contributed by atoms with E-state index in [0.717, 1.165) is 10.5 Å². The van der Waals surface area contributed by atoms with Crippen LogP contribution < -0.4 is 0 Å². The van der Waals surface area contributed by atoms with Crippen LogP contribution in [-0.4, -0.2) is 29.2 Å². The van der Waals surface area contributed by atoms with Crippen LogP contribution in [-0.2, 0) is 4.74 Å². The Balaban J connectivity index is 1.81. The number of nitrogens with zero attached hydrogens (tertiary/aromatic N) is 1. The molecule has 0 spiro atoms. The Kier molecular flexibility index (Phi) is 4.48. The number of esters is 1. The number of amides is 2. The van der Waals surface area contributed by atoms with Gasteiger partial charge in [0.25, 0.3) is 11.8 Å². The molecule has 5 nitrogen and oxygen atoms in total. The number of imide groups is 1. The number of carbonyl (C=O) groups is 3. The van der Waals surface area contributed by atoms with Gasteiger partial charge in [-0.05, 0) is 30.7 Å². The maximum atomic E-state index is 12.4. The zero-order chi connectivity index (χ0) is 18.0.